The van der Waals surface area contributed by atoms with Crippen LogP contribution >= 0.6 is 11.6 Å². The molecule has 0 unspecified atom stereocenters. The normalized spacial score (nSPS) is 10.9. The Kier molecular flexibility index (Phi) is 5.65. The fourth-order valence-electron chi connectivity index (χ4n) is 2.27. The van der Waals surface area contributed by atoms with Crippen molar-refractivity contribution < 1.29 is 9.53 Å². The molecule has 2 aromatic carbocycles. The quantitative estimate of drug-likeness (QED) is 0.489. The molecule has 126 valence electrons. The molecule has 0 N–H and O–H groups in total. The first kappa shape index (κ1) is 17.0. The Labute approximate surface area is 151 Å². The van der Waals surface area contributed by atoms with Gasteiger partial charge in [-0.2, -0.15) is 5.10 Å². The molecule has 0 fully saturated rings. The van der Waals surface area contributed by atoms with Crippen LogP contribution in [0.4, 0.5) is 0 Å². The summed E-state index contributed by atoms with van der Waals surface area (Å²) < 4.78 is 7.02. The number of carbonyl (C=O) groups excluding carboxylic acids is 1. The Morgan fingerprint density at radius 1 is 1.08 bits per heavy atom. The van der Waals surface area contributed by atoms with E-state index in [1.54, 1.807) is 24.4 Å². The van der Waals surface area contributed by atoms with E-state index in [2.05, 4.69) is 5.10 Å². The number of esters is 1. The molecule has 0 saturated heterocycles. The van der Waals surface area contributed by atoms with Gasteiger partial charge in [-0.3, -0.25) is 4.68 Å². The third-order valence-electron chi connectivity index (χ3n) is 3.55. The highest BCUT2D eigenvalue weighted by atomic mass is 35.5. The van der Waals surface area contributed by atoms with Crippen molar-refractivity contribution in [1.29, 1.82) is 0 Å². The number of carbonyl (C=O) groups is 1. The van der Waals surface area contributed by atoms with Gasteiger partial charge in [0.25, 0.3) is 0 Å². The lowest BCUT2D eigenvalue weighted by molar-refractivity contribution is -0.138. The van der Waals surface area contributed by atoms with E-state index in [9.17, 15) is 4.79 Å². The minimum absolute atomic E-state index is 0.216. The van der Waals surface area contributed by atoms with Crippen LogP contribution in [0.25, 0.3) is 6.08 Å². The summed E-state index contributed by atoms with van der Waals surface area (Å²) in [5, 5.41) is 4.95. The summed E-state index contributed by atoms with van der Waals surface area (Å²) in [7, 11) is 0. The second-order valence-electron chi connectivity index (χ2n) is 5.52. The summed E-state index contributed by atoms with van der Waals surface area (Å²) in [6, 6.07) is 17.3. The summed E-state index contributed by atoms with van der Waals surface area (Å²) in [6.07, 6.45) is 6.69. The summed E-state index contributed by atoms with van der Waals surface area (Å²) in [5.74, 6) is -0.397. The highest BCUT2D eigenvalue weighted by Crippen LogP contribution is 2.10. The molecule has 1 aromatic heterocycles. The van der Waals surface area contributed by atoms with Gasteiger partial charge >= 0.3 is 5.97 Å². The Morgan fingerprint density at radius 2 is 1.84 bits per heavy atom. The number of hydrogen-bond donors (Lipinski definition) is 0. The molecule has 0 bridgehead atoms. The maximum absolute atomic E-state index is 11.8. The minimum Gasteiger partial charge on any atom is -0.458 e. The van der Waals surface area contributed by atoms with Crippen molar-refractivity contribution in [2.45, 2.75) is 13.2 Å². The number of rotatable bonds is 6. The van der Waals surface area contributed by atoms with Crippen LogP contribution < -0.4 is 0 Å². The highest BCUT2D eigenvalue weighted by molar-refractivity contribution is 6.30. The van der Waals surface area contributed by atoms with Crippen molar-refractivity contribution in [2.24, 2.45) is 0 Å². The van der Waals surface area contributed by atoms with Gasteiger partial charge in [-0.05, 0) is 29.3 Å². The molecule has 1 heterocycles. The minimum atomic E-state index is -0.397. The van der Waals surface area contributed by atoms with Crippen LogP contribution in [0.3, 0.4) is 0 Å². The number of benzene rings is 2. The van der Waals surface area contributed by atoms with Crippen molar-refractivity contribution in [3.05, 3.63) is 94.8 Å². The smallest absolute Gasteiger partial charge is 0.331 e. The summed E-state index contributed by atoms with van der Waals surface area (Å²) >= 11 is 5.82. The van der Waals surface area contributed by atoms with Gasteiger partial charge in [0.1, 0.15) is 6.61 Å². The predicted octanol–water partition coefficient (Wildman–Crippen LogP) is 4.34. The number of hydrogen-bond acceptors (Lipinski definition) is 3. The lowest BCUT2D eigenvalue weighted by Gasteiger charge is -2.02. The Hall–Kier alpha value is -2.85. The molecule has 3 rings (SSSR count). The zero-order valence-electron chi connectivity index (χ0n) is 13.5. The molecule has 0 spiro atoms. The number of aromatic nitrogens is 2. The first-order valence-electron chi connectivity index (χ1n) is 7.85. The van der Waals surface area contributed by atoms with Crippen LogP contribution in [0.1, 0.15) is 16.7 Å². The third kappa shape index (κ3) is 5.33. The predicted molar refractivity (Wildman–Crippen MR) is 98.1 cm³/mol. The van der Waals surface area contributed by atoms with Gasteiger partial charge in [-0.15, -0.1) is 0 Å². The van der Waals surface area contributed by atoms with E-state index in [4.69, 9.17) is 16.3 Å². The van der Waals surface area contributed by atoms with Crippen molar-refractivity contribution in [2.75, 3.05) is 0 Å². The Bertz CT molecular complexity index is 855. The van der Waals surface area contributed by atoms with Gasteiger partial charge in [0, 0.05) is 22.9 Å². The maximum atomic E-state index is 11.8. The van der Waals surface area contributed by atoms with Crippen LogP contribution in [0, 0.1) is 0 Å². The van der Waals surface area contributed by atoms with Gasteiger partial charge in [-0.1, -0.05) is 54.1 Å². The SMILES string of the molecule is O=C(/C=C/c1cnn(Cc2ccccc2)c1)OCc1ccc(Cl)cc1. The molecule has 0 atom stereocenters. The zero-order chi connectivity index (χ0) is 17.5. The first-order valence-corrected chi connectivity index (χ1v) is 8.22. The highest BCUT2D eigenvalue weighted by Gasteiger charge is 2.01. The third-order valence-corrected chi connectivity index (χ3v) is 3.80. The van der Waals surface area contributed by atoms with Crippen LogP contribution in [0.5, 0.6) is 0 Å². The summed E-state index contributed by atoms with van der Waals surface area (Å²) in [5.41, 5.74) is 2.91. The van der Waals surface area contributed by atoms with Crippen molar-refractivity contribution in [1.82, 2.24) is 9.78 Å². The average molecular weight is 353 g/mol. The van der Waals surface area contributed by atoms with Crippen molar-refractivity contribution >= 4 is 23.6 Å². The van der Waals surface area contributed by atoms with Crippen molar-refractivity contribution in [3.8, 4) is 0 Å². The van der Waals surface area contributed by atoms with Crippen molar-refractivity contribution in [3.63, 3.8) is 0 Å². The van der Waals surface area contributed by atoms with E-state index in [1.807, 2.05) is 53.3 Å². The zero-order valence-corrected chi connectivity index (χ0v) is 14.3. The van der Waals surface area contributed by atoms with Gasteiger partial charge in [0.05, 0.1) is 12.7 Å². The number of ether oxygens (including phenoxy) is 1. The van der Waals surface area contributed by atoms with Crippen LogP contribution in [0.15, 0.2) is 73.1 Å². The Balaban J connectivity index is 1.51. The van der Waals surface area contributed by atoms with E-state index < -0.39 is 5.97 Å². The molecule has 0 radical (unpaired) electrons. The first-order chi connectivity index (χ1) is 12.2. The van der Waals surface area contributed by atoms with Gasteiger partial charge in [-0.25, -0.2) is 4.79 Å². The van der Waals surface area contributed by atoms with E-state index in [-0.39, 0.29) is 6.61 Å². The lowest BCUT2D eigenvalue weighted by atomic mass is 10.2. The molecule has 0 aliphatic carbocycles. The number of nitrogens with zero attached hydrogens (tertiary/aromatic N) is 2. The van der Waals surface area contributed by atoms with Crippen LogP contribution in [0.2, 0.25) is 5.02 Å². The molecule has 0 aliphatic heterocycles. The van der Waals surface area contributed by atoms with Gasteiger partial charge < -0.3 is 4.74 Å². The average Bonchev–Trinajstić information content (AvgIpc) is 3.08. The molecule has 0 aliphatic rings. The topological polar surface area (TPSA) is 44.1 Å². The van der Waals surface area contributed by atoms with E-state index in [0.29, 0.717) is 11.6 Å². The second kappa shape index (κ2) is 8.31. The fourth-order valence-corrected chi connectivity index (χ4v) is 2.40. The second-order valence-corrected chi connectivity index (χ2v) is 5.96. The van der Waals surface area contributed by atoms with E-state index in [0.717, 1.165) is 11.1 Å². The molecule has 3 aromatic rings. The standard InChI is InChI=1S/C20H17ClN2O2/c21-19-9-6-17(7-10-19)15-25-20(24)11-8-18-12-22-23(14-18)13-16-4-2-1-3-5-16/h1-12,14H,13,15H2/b11-8+. The summed E-state index contributed by atoms with van der Waals surface area (Å²) in [6.45, 7) is 0.906. The molecular weight excluding hydrogens is 336 g/mol. The largest absolute Gasteiger partial charge is 0.458 e. The number of halogens is 1. The Morgan fingerprint density at radius 3 is 2.60 bits per heavy atom. The molecular formula is C20H17ClN2O2. The van der Waals surface area contributed by atoms with Crippen LogP contribution in [-0.4, -0.2) is 15.7 Å². The van der Waals surface area contributed by atoms with E-state index in [1.165, 1.54) is 11.6 Å². The lowest BCUT2D eigenvalue weighted by Crippen LogP contribution is -2.00. The monoisotopic (exact) mass is 352 g/mol. The van der Waals surface area contributed by atoms with Gasteiger partial charge in [0.15, 0.2) is 0 Å². The maximum Gasteiger partial charge on any atom is 0.331 e. The van der Waals surface area contributed by atoms with Gasteiger partial charge in [0.2, 0.25) is 0 Å². The molecule has 25 heavy (non-hydrogen) atoms. The molecule has 4 nitrogen and oxygen atoms in total. The summed E-state index contributed by atoms with van der Waals surface area (Å²) in [4.78, 5) is 11.8. The van der Waals surface area contributed by atoms with Crippen LogP contribution in [-0.2, 0) is 22.7 Å². The molecule has 0 amide bonds. The molecule has 0 saturated carbocycles. The molecule has 5 heteroatoms. The fraction of sp³-hybridized carbons (Fsp3) is 0.100. The van der Waals surface area contributed by atoms with E-state index >= 15 is 0 Å².